The average Bonchev–Trinajstić information content (AvgIpc) is 2.41. The van der Waals surface area contributed by atoms with Gasteiger partial charge in [-0.2, -0.15) is 0 Å². The van der Waals surface area contributed by atoms with Crippen molar-refractivity contribution >= 4 is 23.4 Å². The number of aromatic nitrogens is 1. The topological polar surface area (TPSA) is 91.3 Å². The number of hydrogen-bond donors (Lipinski definition) is 3. The van der Waals surface area contributed by atoms with Gasteiger partial charge in [0, 0.05) is 5.69 Å². The zero-order valence-electron chi connectivity index (χ0n) is 11.7. The maximum atomic E-state index is 11.9. The first-order valence-electron chi connectivity index (χ1n) is 6.31. The molecule has 1 heterocycles. The second-order valence-corrected chi connectivity index (χ2v) is 4.57. The molecule has 0 spiro atoms. The summed E-state index contributed by atoms with van der Waals surface area (Å²) in [6.45, 7) is 3.52. The summed E-state index contributed by atoms with van der Waals surface area (Å²) in [6.07, 6.45) is 1.53. The van der Waals surface area contributed by atoms with E-state index in [2.05, 4.69) is 15.6 Å². The molecule has 0 saturated heterocycles. The molecule has 0 aliphatic carbocycles. The number of urea groups is 1. The van der Waals surface area contributed by atoms with Gasteiger partial charge in [0.05, 0.1) is 23.1 Å². The maximum Gasteiger partial charge on any atom is 0.338 e. The molecule has 1 aromatic heterocycles. The third kappa shape index (κ3) is 3.56. The Morgan fingerprint density at radius 2 is 1.86 bits per heavy atom. The van der Waals surface area contributed by atoms with Gasteiger partial charge in [0.1, 0.15) is 0 Å². The van der Waals surface area contributed by atoms with Crippen molar-refractivity contribution in [3.8, 4) is 0 Å². The maximum absolute atomic E-state index is 11.9. The molecule has 0 unspecified atom stereocenters. The first kappa shape index (κ1) is 14.5. The zero-order chi connectivity index (χ0) is 15.4. The Morgan fingerprint density at radius 3 is 2.48 bits per heavy atom. The van der Waals surface area contributed by atoms with Crippen molar-refractivity contribution in [3.63, 3.8) is 0 Å². The normalized spacial score (nSPS) is 10.0. The largest absolute Gasteiger partial charge is 0.478 e. The number of amides is 2. The molecule has 0 aliphatic heterocycles. The Hall–Kier alpha value is -2.89. The van der Waals surface area contributed by atoms with Gasteiger partial charge in [0.2, 0.25) is 0 Å². The van der Waals surface area contributed by atoms with Gasteiger partial charge in [-0.25, -0.2) is 9.59 Å². The van der Waals surface area contributed by atoms with Crippen molar-refractivity contribution in [2.45, 2.75) is 13.8 Å². The molecule has 0 atom stereocenters. The number of rotatable bonds is 3. The lowest BCUT2D eigenvalue weighted by atomic mass is 10.1. The summed E-state index contributed by atoms with van der Waals surface area (Å²) >= 11 is 0. The summed E-state index contributed by atoms with van der Waals surface area (Å²) in [5, 5.41) is 14.3. The van der Waals surface area contributed by atoms with Gasteiger partial charge in [-0.15, -0.1) is 0 Å². The molecule has 2 aromatic rings. The Labute approximate surface area is 121 Å². The third-order valence-corrected chi connectivity index (χ3v) is 2.90. The van der Waals surface area contributed by atoms with E-state index in [0.29, 0.717) is 11.3 Å². The summed E-state index contributed by atoms with van der Waals surface area (Å²) in [5.41, 5.74) is 2.28. The van der Waals surface area contributed by atoms with Crippen LogP contribution in [0.3, 0.4) is 0 Å². The van der Waals surface area contributed by atoms with E-state index in [1.165, 1.54) is 6.20 Å². The van der Waals surface area contributed by atoms with E-state index in [4.69, 9.17) is 0 Å². The van der Waals surface area contributed by atoms with Crippen LogP contribution in [0.25, 0.3) is 0 Å². The van der Waals surface area contributed by atoms with Crippen molar-refractivity contribution < 1.29 is 14.7 Å². The van der Waals surface area contributed by atoms with E-state index in [-0.39, 0.29) is 11.3 Å². The molecule has 108 valence electrons. The minimum Gasteiger partial charge on any atom is -0.478 e. The van der Waals surface area contributed by atoms with Crippen molar-refractivity contribution in [2.24, 2.45) is 0 Å². The molecule has 0 radical (unpaired) electrons. The van der Waals surface area contributed by atoms with E-state index < -0.39 is 12.0 Å². The third-order valence-electron chi connectivity index (χ3n) is 2.90. The van der Waals surface area contributed by atoms with Gasteiger partial charge in [-0.3, -0.25) is 4.98 Å². The number of anilines is 2. The standard InChI is InChI=1S/C15H15N3O3/c1-9-4-3-5-12(13(9)14(19)20)18-15(21)17-11-7-6-10(2)16-8-11/h3-8H,1-2H3,(H,19,20)(H2,17,18,21). The van der Waals surface area contributed by atoms with Crippen LogP contribution in [0.2, 0.25) is 0 Å². The molecule has 0 aliphatic rings. The molecule has 2 amide bonds. The number of carboxylic acid groups (broad SMARTS) is 1. The van der Waals surface area contributed by atoms with E-state index in [0.717, 1.165) is 5.69 Å². The number of carbonyl (C=O) groups is 2. The van der Waals surface area contributed by atoms with Gasteiger partial charge in [0.15, 0.2) is 0 Å². The van der Waals surface area contributed by atoms with Crippen LogP contribution in [0.5, 0.6) is 0 Å². The quantitative estimate of drug-likeness (QED) is 0.808. The van der Waals surface area contributed by atoms with Gasteiger partial charge in [-0.05, 0) is 37.6 Å². The van der Waals surface area contributed by atoms with E-state index in [1.807, 2.05) is 6.92 Å². The fourth-order valence-corrected chi connectivity index (χ4v) is 1.88. The summed E-state index contributed by atoms with van der Waals surface area (Å²) < 4.78 is 0. The minimum atomic E-state index is -1.08. The summed E-state index contributed by atoms with van der Waals surface area (Å²) in [4.78, 5) is 27.2. The summed E-state index contributed by atoms with van der Waals surface area (Å²) in [5.74, 6) is -1.08. The molecular weight excluding hydrogens is 270 g/mol. The predicted octanol–water partition coefficient (Wildman–Crippen LogP) is 3.04. The van der Waals surface area contributed by atoms with Crippen LogP contribution in [0, 0.1) is 13.8 Å². The average molecular weight is 285 g/mol. The first-order chi connectivity index (χ1) is 9.97. The number of nitrogens with zero attached hydrogens (tertiary/aromatic N) is 1. The smallest absolute Gasteiger partial charge is 0.338 e. The van der Waals surface area contributed by atoms with Gasteiger partial charge in [-0.1, -0.05) is 12.1 Å². The number of benzene rings is 1. The second-order valence-electron chi connectivity index (χ2n) is 4.57. The number of carboxylic acids is 1. The van der Waals surface area contributed by atoms with Crippen LogP contribution < -0.4 is 10.6 Å². The lowest BCUT2D eigenvalue weighted by molar-refractivity contribution is 0.0697. The SMILES string of the molecule is Cc1ccc(NC(=O)Nc2cccc(C)c2C(=O)O)cn1. The van der Waals surface area contributed by atoms with Crippen molar-refractivity contribution in [1.82, 2.24) is 4.98 Å². The van der Waals surface area contributed by atoms with Crippen LogP contribution in [0.1, 0.15) is 21.6 Å². The summed E-state index contributed by atoms with van der Waals surface area (Å²) in [6, 6.07) is 7.88. The van der Waals surface area contributed by atoms with Gasteiger partial charge >= 0.3 is 12.0 Å². The van der Waals surface area contributed by atoms with Crippen LogP contribution in [0.15, 0.2) is 36.5 Å². The highest BCUT2D eigenvalue weighted by Gasteiger charge is 2.14. The van der Waals surface area contributed by atoms with Crippen LogP contribution >= 0.6 is 0 Å². The van der Waals surface area contributed by atoms with E-state index in [1.54, 1.807) is 37.3 Å². The molecule has 1 aromatic carbocycles. The van der Waals surface area contributed by atoms with Gasteiger partial charge < -0.3 is 15.7 Å². The number of nitrogens with one attached hydrogen (secondary N) is 2. The molecule has 0 fully saturated rings. The molecule has 0 bridgehead atoms. The Balaban J connectivity index is 2.15. The van der Waals surface area contributed by atoms with Crippen LogP contribution in [-0.4, -0.2) is 22.1 Å². The first-order valence-corrected chi connectivity index (χ1v) is 6.31. The lowest BCUT2D eigenvalue weighted by Gasteiger charge is -2.11. The molecular formula is C15H15N3O3. The van der Waals surface area contributed by atoms with Crippen molar-refractivity contribution in [2.75, 3.05) is 10.6 Å². The monoisotopic (exact) mass is 285 g/mol. The number of pyridine rings is 1. The van der Waals surface area contributed by atoms with Crippen molar-refractivity contribution in [1.29, 1.82) is 0 Å². The van der Waals surface area contributed by atoms with Gasteiger partial charge in [0.25, 0.3) is 0 Å². The summed E-state index contributed by atoms with van der Waals surface area (Å²) in [7, 11) is 0. The van der Waals surface area contributed by atoms with E-state index in [9.17, 15) is 14.7 Å². The number of hydrogen-bond acceptors (Lipinski definition) is 3. The van der Waals surface area contributed by atoms with Crippen molar-refractivity contribution in [3.05, 3.63) is 53.3 Å². The molecule has 0 saturated carbocycles. The van der Waals surface area contributed by atoms with Crippen LogP contribution in [0.4, 0.5) is 16.2 Å². The number of carbonyl (C=O) groups excluding carboxylic acids is 1. The number of aryl methyl sites for hydroxylation is 2. The lowest BCUT2D eigenvalue weighted by Crippen LogP contribution is -2.21. The Kier molecular flexibility index (Phi) is 4.18. The van der Waals surface area contributed by atoms with E-state index >= 15 is 0 Å². The fraction of sp³-hybridized carbons (Fsp3) is 0.133. The molecule has 6 nitrogen and oxygen atoms in total. The molecule has 3 N–H and O–H groups in total. The Bertz CT molecular complexity index is 681. The zero-order valence-corrected chi connectivity index (χ0v) is 11.7. The Morgan fingerprint density at radius 1 is 1.10 bits per heavy atom. The second kappa shape index (κ2) is 6.04. The number of aromatic carboxylic acids is 1. The predicted molar refractivity (Wildman–Crippen MR) is 79.8 cm³/mol. The van der Waals surface area contributed by atoms with Crippen LogP contribution in [-0.2, 0) is 0 Å². The minimum absolute atomic E-state index is 0.0784. The molecule has 2 rings (SSSR count). The fourth-order valence-electron chi connectivity index (χ4n) is 1.88. The molecule has 21 heavy (non-hydrogen) atoms. The highest BCUT2D eigenvalue weighted by atomic mass is 16.4. The highest BCUT2D eigenvalue weighted by Crippen LogP contribution is 2.19. The highest BCUT2D eigenvalue weighted by molar-refractivity contribution is 6.05. The molecule has 6 heteroatoms.